The lowest BCUT2D eigenvalue weighted by molar-refractivity contribution is 0.0603. The van der Waals surface area contributed by atoms with E-state index in [0.29, 0.717) is 20.9 Å². The molecule has 1 heterocycles. The lowest BCUT2D eigenvalue weighted by atomic mass is 10.1. The molecule has 1 N–H and O–H groups in total. The van der Waals surface area contributed by atoms with Crippen LogP contribution < -0.4 is 0 Å². The van der Waals surface area contributed by atoms with E-state index in [1.54, 1.807) is 18.3 Å². The molecule has 0 saturated heterocycles. The Hall–Kier alpha value is -1.62. The van der Waals surface area contributed by atoms with E-state index in [9.17, 15) is 9.90 Å². The van der Waals surface area contributed by atoms with Crippen LogP contribution in [0.25, 0.3) is 10.9 Å². The SMILES string of the molecule is COC(=O)c1cc(Br)c(O)c2ncccc12. The Balaban J connectivity index is 2.85. The van der Waals surface area contributed by atoms with Crippen LogP contribution >= 0.6 is 15.9 Å². The Morgan fingerprint density at radius 3 is 3.00 bits per heavy atom. The molecule has 0 unspecified atom stereocenters. The summed E-state index contributed by atoms with van der Waals surface area (Å²) in [5, 5.41) is 10.3. The summed E-state index contributed by atoms with van der Waals surface area (Å²) >= 11 is 3.17. The summed E-state index contributed by atoms with van der Waals surface area (Å²) in [5.41, 5.74) is 0.743. The summed E-state index contributed by atoms with van der Waals surface area (Å²) in [6.07, 6.45) is 1.55. The Bertz CT molecular complexity index is 568. The molecule has 0 aliphatic carbocycles. The van der Waals surface area contributed by atoms with Gasteiger partial charge in [-0.2, -0.15) is 0 Å². The second kappa shape index (κ2) is 4.09. The number of carbonyl (C=O) groups excluding carboxylic acids is 1. The maximum Gasteiger partial charge on any atom is 0.338 e. The molecule has 0 bridgehead atoms. The van der Waals surface area contributed by atoms with Crippen LogP contribution in [0.4, 0.5) is 0 Å². The van der Waals surface area contributed by atoms with Gasteiger partial charge in [-0.1, -0.05) is 6.07 Å². The maximum atomic E-state index is 11.5. The summed E-state index contributed by atoms with van der Waals surface area (Å²) in [4.78, 5) is 15.6. The molecule has 0 fully saturated rings. The molecule has 2 rings (SSSR count). The summed E-state index contributed by atoms with van der Waals surface area (Å²) in [7, 11) is 1.31. The number of nitrogens with zero attached hydrogens (tertiary/aromatic N) is 1. The zero-order valence-corrected chi connectivity index (χ0v) is 9.98. The number of phenolic OH excluding ortho intramolecular Hbond substituents is 1. The number of benzene rings is 1. The van der Waals surface area contributed by atoms with Crippen molar-refractivity contribution in [1.82, 2.24) is 4.98 Å². The average molecular weight is 282 g/mol. The Morgan fingerprint density at radius 1 is 1.56 bits per heavy atom. The number of aromatic hydroxyl groups is 1. The zero-order chi connectivity index (χ0) is 11.7. The second-order valence-electron chi connectivity index (χ2n) is 3.15. The number of ether oxygens (including phenoxy) is 1. The molecule has 0 aliphatic heterocycles. The monoisotopic (exact) mass is 281 g/mol. The highest BCUT2D eigenvalue weighted by atomic mass is 79.9. The first-order chi connectivity index (χ1) is 7.65. The quantitative estimate of drug-likeness (QED) is 0.816. The van der Waals surface area contributed by atoms with E-state index in [0.717, 1.165) is 0 Å². The van der Waals surface area contributed by atoms with Gasteiger partial charge in [-0.15, -0.1) is 0 Å². The number of phenols is 1. The molecule has 0 aliphatic rings. The number of methoxy groups -OCH3 is 1. The molecule has 0 amide bonds. The van der Waals surface area contributed by atoms with E-state index >= 15 is 0 Å². The lowest BCUT2D eigenvalue weighted by Gasteiger charge is -2.07. The van der Waals surface area contributed by atoms with Crippen molar-refractivity contribution in [2.45, 2.75) is 0 Å². The van der Waals surface area contributed by atoms with Crippen LogP contribution in [0.5, 0.6) is 5.75 Å². The van der Waals surface area contributed by atoms with Crippen molar-refractivity contribution in [3.63, 3.8) is 0 Å². The first-order valence-corrected chi connectivity index (χ1v) is 5.29. The van der Waals surface area contributed by atoms with Crippen LogP contribution in [0.15, 0.2) is 28.9 Å². The molecule has 16 heavy (non-hydrogen) atoms. The van der Waals surface area contributed by atoms with Gasteiger partial charge in [0.15, 0.2) is 5.75 Å². The Kier molecular flexibility index (Phi) is 2.78. The Labute approximate surface area is 100.0 Å². The van der Waals surface area contributed by atoms with E-state index in [4.69, 9.17) is 0 Å². The van der Waals surface area contributed by atoms with Crippen LogP contribution in [0.3, 0.4) is 0 Å². The van der Waals surface area contributed by atoms with Gasteiger partial charge in [-0.05, 0) is 28.1 Å². The van der Waals surface area contributed by atoms with E-state index in [1.807, 2.05) is 0 Å². The van der Waals surface area contributed by atoms with Crippen LogP contribution in [0.1, 0.15) is 10.4 Å². The first-order valence-electron chi connectivity index (χ1n) is 4.49. The van der Waals surface area contributed by atoms with Crippen molar-refractivity contribution < 1.29 is 14.6 Å². The number of aromatic nitrogens is 1. The molecule has 0 spiro atoms. The highest BCUT2D eigenvalue weighted by Crippen LogP contribution is 2.33. The summed E-state index contributed by atoms with van der Waals surface area (Å²) in [5.74, 6) is -0.443. The number of hydrogen-bond acceptors (Lipinski definition) is 4. The third-order valence-electron chi connectivity index (χ3n) is 2.22. The van der Waals surface area contributed by atoms with Crippen molar-refractivity contribution in [2.75, 3.05) is 7.11 Å². The zero-order valence-electron chi connectivity index (χ0n) is 8.40. The minimum absolute atomic E-state index is 0.0169. The van der Waals surface area contributed by atoms with E-state index in [2.05, 4.69) is 25.7 Å². The summed E-state index contributed by atoms with van der Waals surface area (Å²) in [6, 6.07) is 4.92. The molecule has 0 radical (unpaired) electrons. The third-order valence-corrected chi connectivity index (χ3v) is 2.83. The van der Waals surface area contributed by atoms with Gasteiger partial charge < -0.3 is 9.84 Å². The standard InChI is InChI=1S/C11H8BrNO3/c1-16-11(15)7-5-8(12)10(14)9-6(7)3-2-4-13-9/h2-5,14H,1H3. The molecular formula is C11H8BrNO3. The first kappa shape index (κ1) is 10.9. The number of rotatable bonds is 1. The van der Waals surface area contributed by atoms with Crippen molar-refractivity contribution in [3.8, 4) is 5.75 Å². The molecule has 5 heteroatoms. The van der Waals surface area contributed by atoms with Crippen molar-refractivity contribution in [3.05, 3.63) is 34.4 Å². The van der Waals surface area contributed by atoms with Gasteiger partial charge in [0.05, 0.1) is 17.1 Å². The number of esters is 1. The highest BCUT2D eigenvalue weighted by molar-refractivity contribution is 9.10. The number of carbonyl (C=O) groups is 1. The van der Waals surface area contributed by atoms with Crippen molar-refractivity contribution in [2.24, 2.45) is 0 Å². The number of halogens is 1. The lowest BCUT2D eigenvalue weighted by Crippen LogP contribution is -2.02. The molecule has 1 aromatic heterocycles. The number of hydrogen-bond donors (Lipinski definition) is 1. The van der Waals surface area contributed by atoms with Crippen LogP contribution in [0, 0.1) is 0 Å². The van der Waals surface area contributed by atoms with Crippen LogP contribution in [-0.2, 0) is 4.74 Å². The fraction of sp³-hybridized carbons (Fsp3) is 0.0909. The van der Waals surface area contributed by atoms with Crippen LogP contribution in [0.2, 0.25) is 0 Å². The smallest absolute Gasteiger partial charge is 0.338 e. The number of fused-ring (bicyclic) bond motifs is 1. The average Bonchev–Trinajstić information content (AvgIpc) is 2.33. The molecular weight excluding hydrogens is 274 g/mol. The molecule has 82 valence electrons. The van der Waals surface area contributed by atoms with Crippen molar-refractivity contribution in [1.29, 1.82) is 0 Å². The molecule has 4 nitrogen and oxygen atoms in total. The molecule has 1 aromatic carbocycles. The van der Waals surface area contributed by atoms with Gasteiger partial charge in [0.2, 0.25) is 0 Å². The van der Waals surface area contributed by atoms with Gasteiger partial charge in [0, 0.05) is 11.6 Å². The maximum absolute atomic E-state index is 11.5. The van der Waals surface area contributed by atoms with Crippen LogP contribution in [-0.4, -0.2) is 23.2 Å². The van der Waals surface area contributed by atoms with E-state index in [-0.39, 0.29) is 5.75 Å². The topological polar surface area (TPSA) is 59.4 Å². The molecule has 0 atom stereocenters. The summed E-state index contributed by atoms with van der Waals surface area (Å²) < 4.78 is 5.09. The predicted molar refractivity (Wildman–Crippen MR) is 62.4 cm³/mol. The second-order valence-corrected chi connectivity index (χ2v) is 4.00. The van der Waals surface area contributed by atoms with Gasteiger partial charge in [-0.3, -0.25) is 4.98 Å². The minimum atomic E-state index is -0.460. The largest absolute Gasteiger partial charge is 0.505 e. The fourth-order valence-electron chi connectivity index (χ4n) is 1.48. The van der Waals surface area contributed by atoms with E-state index in [1.165, 1.54) is 13.2 Å². The summed E-state index contributed by atoms with van der Waals surface area (Å²) in [6.45, 7) is 0. The third kappa shape index (κ3) is 1.63. The van der Waals surface area contributed by atoms with Gasteiger partial charge in [0.25, 0.3) is 0 Å². The van der Waals surface area contributed by atoms with Gasteiger partial charge in [0.1, 0.15) is 5.52 Å². The number of pyridine rings is 1. The highest BCUT2D eigenvalue weighted by Gasteiger charge is 2.15. The minimum Gasteiger partial charge on any atom is -0.505 e. The van der Waals surface area contributed by atoms with Gasteiger partial charge in [-0.25, -0.2) is 4.79 Å². The van der Waals surface area contributed by atoms with Crippen molar-refractivity contribution >= 4 is 32.8 Å². The molecule has 0 saturated carbocycles. The predicted octanol–water partition coefficient (Wildman–Crippen LogP) is 2.49. The Morgan fingerprint density at radius 2 is 2.31 bits per heavy atom. The van der Waals surface area contributed by atoms with Gasteiger partial charge >= 0.3 is 5.97 Å². The molecule has 2 aromatic rings. The van der Waals surface area contributed by atoms with E-state index < -0.39 is 5.97 Å². The normalized spacial score (nSPS) is 10.4. The fourth-order valence-corrected chi connectivity index (χ4v) is 1.89.